The molecule has 1 fully saturated rings. The maximum atomic E-state index is 12.5. The van der Waals surface area contributed by atoms with Gasteiger partial charge in [-0.1, -0.05) is 30.3 Å². The zero-order valence-electron chi connectivity index (χ0n) is 15.3. The van der Waals surface area contributed by atoms with Crippen molar-refractivity contribution < 1.29 is 9.53 Å². The molecule has 0 unspecified atom stereocenters. The smallest absolute Gasteiger partial charge is 0.341 e. The molecule has 0 bridgehead atoms. The summed E-state index contributed by atoms with van der Waals surface area (Å²) in [5, 5.41) is 5.35. The molecule has 0 amide bonds. The molecule has 1 saturated heterocycles. The van der Waals surface area contributed by atoms with Gasteiger partial charge >= 0.3 is 5.97 Å². The molecule has 4 rings (SSSR count). The highest BCUT2D eigenvalue weighted by Gasteiger charge is 2.25. The van der Waals surface area contributed by atoms with E-state index in [1.807, 2.05) is 49.5 Å². The van der Waals surface area contributed by atoms with Gasteiger partial charge in [0.25, 0.3) is 0 Å². The summed E-state index contributed by atoms with van der Waals surface area (Å²) < 4.78 is 6.99. The first-order valence-electron chi connectivity index (χ1n) is 9.29. The summed E-state index contributed by atoms with van der Waals surface area (Å²) in [4.78, 5) is 19.2. The molecule has 1 aromatic carbocycles. The lowest BCUT2D eigenvalue weighted by molar-refractivity contribution is 0.0527. The number of anilines is 1. The van der Waals surface area contributed by atoms with E-state index in [4.69, 9.17) is 4.74 Å². The number of nitrogens with zero attached hydrogens (tertiary/aromatic N) is 4. The fraction of sp³-hybridized carbons (Fsp3) is 0.286. The van der Waals surface area contributed by atoms with E-state index in [1.54, 1.807) is 17.1 Å². The molecule has 3 heterocycles. The van der Waals surface area contributed by atoms with Crippen LogP contribution in [0.1, 0.15) is 35.7 Å². The molecule has 1 aliphatic heterocycles. The zero-order chi connectivity index (χ0) is 18.6. The summed E-state index contributed by atoms with van der Waals surface area (Å²) in [6.07, 6.45) is 9.52. The van der Waals surface area contributed by atoms with Crippen molar-refractivity contribution in [3.8, 4) is 0 Å². The topological polar surface area (TPSA) is 60.2 Å². The second-order valence-electron chi connectivity index (χ2n) is 6.49. The minimum atomic E-state index is -0.332. The van der Waals surface area contributed by atoms with Crippen LogP contribution in [0, 0.1) is 0 Å². The number of carbonyl (C=O) groups excluding carboxylic acids is 1. The number of pyridine rings is 1. The van der Waals surface area contributed by atoms with E-state index in [0.29, 0.717) is 12.2 Å². The molecule has 138 valence electrons. The largest absolute Gasteiger partial charge is 0.462 e. The van der Waals surface area contributed by atoms with E-state index in [1.165, 1.54) is 0 Å². The number of hydrogen-bond acceptors (Lipinski definition) is 5. The maximum Gasteiger partial charge on any atom is 0.341 e. The molecule has 6 heteroatoms. The highest BCUT2D eigenvalue weighted by atomic mass is 16.5. The fourth-order valence-corrected chi connectivity index (χ4v) is 3.45. The lowest BCUT2D eigenvalue weighted by Gasteiger charge is -2.21. The van der Waals surface area contributed by atoms with Crippen LogP contribution in [0.2, 0.25) is 0 Å². The number of benzene rings is 1. The van der Waals surface area contributed by atoms with Crippen molar-refractivity contribution in [2.24, 2.45) is 0 Å². The Labute approximate surface area is 158 Å². The first-order chi connectivity index (χ1) is 13.3. The third-order valence-corrected chi connectivity index (χ3v) is 4.72. The summed E-state index contributed by atoms with van der Waals surface area (Å²) in [7, 11) is 0. The van der Waals surface area contributed by atoms with Crippen molar-refractivity contribution in [1.82, 2.24) is 14.8 Å². The summed E-state index contributed by atoms with van der Waals surface area (Å²) in [6.45, 7) is 4.01. The van der Waals surface area contributed by atoms with Gasteiger partial charge in [0.2, 0.25) is 0 Å². The van der Waals surface area contributed by atoms with E-state index in [0.717, 1.165) is 48.2 Å². The molecule has 0 N–H and O–H groups in total. The second kappa shape index (κ2) is 7.61. The number of esters is 1. The van der Waals surface area contributed by atoms with E-state index < -0.39 is 0 Å². The highest BCUT2D eigenvalue weighted by molar-refractivity contribution is 6.04. The molecular weight excluding hydrogens is 340 g/mol. The van der Waals surface area contributed by atoms with Crippen LogP contribution in [0.15, 0.2) is 42.7 Å². The molecule has 0 radical (unpaired) electrons. The normalized spacial score (nSPS) is 14.3. The molecule has 0 saturated carbocycles. The SMILES string of the molecule is CCOC(=O)c1cnc2c(cnn2/C=C/c2ccccc2)c1N1CCCC1. The van der Waals surface area contributed by atoms with E-state index in [2.05, 4.69) is 15.0 Å². The Morgan fingerprint density at radius 1 is 1.19 bits per heavy atom. The monoisotopic (exact) mass is 362 g/mol. The lowest BCUT2D eigenvalue weighted by atomic mass is 10.1. The Kier molecular flexibility index (Phi) is 4.87. The van der Waals surface area contributed by atoms with Gasteiger partial charge in [0.1, 0.15) is 5.56 Å². The van der Waals surface area contributed by atoms with Gasteiger partial charge in [0.15, 0.2) is 5.65 Å². The molecule has 1 aliphatic rings. The van der Waals surface area contributed by atoms with Gasteiger partial charge < -0.3 is 9.64 Å². The van der Waals surface area contributed by atoms with Crippen LogP contribution < -0.4 is 4.90 Å². The highest BCUT2D eigenvalue weighted by Crippen LogP contribution is 2.32. The van der Waals surface area contributed by atoms with Gasteiger partial charge in [-0.15, -0.1) is 0 Å². The van der Waals surface area contributed by atoms with Gasteiger partial charge in [-0.3, -0.25) is 0 Å². The van der Waals surface area contributed by atoms with E-state index >= 15 is 0 Å². The Morgan fingerprint density at radius 3 is 2.70 bits per heavy atom. The van der Waals surface area contributed by atoms with Crippen LogP contribution in [0.25, 0.3) is 23.3 Å². The number of carbonyl (C=O) groups is 1. The van der Waals surface area contributed by atoms with Crippen molar-refractivity contribution in [2.75, 3.05) is 24.6 Å². The molecule has 6 nitrogen and oxygen atoms in total. The minimum Gasteiger partial charge on any atom is -0.462 e. The molecule has 0 spiro atoms. The summed E-state index contributed by atoms with van der Waals surface area (Å²) in [6, 6.07) is 10.0. The van der Waals surface area contributed by atoms with Crippen LogP contribution >= 0.6 is 0 Å². The van der Waals surface area contributed by atoms with Gasteiger partial charge in [0, 0.05) is 25.5 Å². The standard InChI is InChI=1S/C21H22N4O2/c1-2-27-21(26)18-14-22-20-17(19(18)24-11-6-7-12-24)15-23-25(20)13-10-16-8-4-3-5-9-16/h3-5,8-10,13-15H,2,6-7,11-12H2,1H3/b13-10+. The van der Waals surface area contributed by atoms with Gasteiger partial charge in [0.05, 0.1) is 23.9 Å². The number of ether oxygens (including phenoxy) is 1. The van der Waals surface area contributed by atoms with Gasteiger partial charge in [-0.05, 0) is 31.4 Å². The number of hydrogen-bond donors (Lipinski definition) is 0. The first-order valence-corrected chi connectivity index (χ1v) is 9.29. The average Bonchev–Trinajstić information content (AvgIpc) is 3.36. The zero-order valence-corrected chi connectivity index (χ0v) is 15.3. The lowest BCUT2D eigenvalue weighted by Crippen LogP contribution is -2.22. The number of fused-ring (bicyclic) bond motifs is 1. The summed E-state index contributed by atoms with van der Waals surface area (Å²) in [5.74, 6) is -0.332. The Hall–Kier alpha value is -3.15. The third kappa shape index (κ3) is 3.43. The van der Waals surface area contributed by atoms with Crippen molar-refractivity contribution in [1.29, 1.82) is 0 Å². The van der Waals surface area contributed by atoms with Crippen LogP contribution in [-0.4, -0.2) is 40.4 Å². The molecular formula is C21H22N4O2. The molecule has 0 aliphatic carbocycles. The quantitative estimate of drug-likeness (QED) is 0.646. The maximum absolute atomic E-state index is 12.5. The van der Waals surface area contributed by atoms with Crippen molar-refractivity contribution in [2.45, 2.75) is 19.8 Å². The predicted molar refractivity (Wildman–Crippen MR) is 107 cm³/mol. The van der Waals surface area contributed by atoms with E-state index in [9.17, 15) is 4.79 Å². The third-order valence-electron chi connectivity index (χ3n) is 4.72. The van der Waals surface area contributed by atoms with Crippen LogP contribution in [-0.2, 0) is 4.74 Å². The summed E-state index contributed by atoms with van der Waals surface area (Å²) >= 11 is 0. The Balaban J connectivity index is 1.78. The predicted octanol–water partition coefficient (Wildman–Crippen LogP) is 3.84. The average molecular weight is 362 g/mol. The van der Waals surface area contributed by atoms with Gasteiger partial charge in [-0.2, -0.15) is 5.10 Å². The molecule has 27 heavy (non-hydrogen) atoms. The molecule has 2 aromatic heterocycles. The van der Waals surface area contributed by atoms with Crippen molar-refractivity contribution >= 4 is 35.0 Å². The number of aromatic nitrogens is 3. The van der Waals surface area contributed by atoms with Crippen LogP contribution in [0.5, 0.6) is 0 Å². The van der Waals surface area contributed by atoms with E-state index in [-0.39, 0.29) is 5.97 Å². The Bertz CT molecular complexity index is 973. The van der Waals surface area contributed by atoms with Crippen molar-refractivity contribution in [3.05, 3.63) is 53.9 Å². The minimum absolute atomic E-state index is 0.332. The fourth-order valence-electron chi connectivity index (χ4n) is 3.45. The number of rotatable bonds is 5. The van der Waals surface area contributed by atoms with Crippen LogP contribution in [0.3, 0.4) is 0 Å². The summed E-state index contributed by atoms with van der Waals surface area (Å²) in [5.41, 5.74) is 3.22. The first kappa shape index (κ1) is 17.3. The molecule has 3 aromatic rings. The molecule has 0 atom stereocenters. The Morgan fingerprint density at radius 2 is 1.96 bits per heavy atom. The van der Waals surface area contributed by atoms with Crippen molar-refractivity contribution in [3.63, 3.8) is 0 Å². The van der Waals surface area contributed by atoms with Crippen LogP contribution in [0.4, 0.5) is 5.69 Å². The van der Waals surface area contributed by atoms with Gasteiger partial charge in [-0.25, -0.2) is 14.5 Å². The second-order valence-corrected chi connectivity index (χ2v) is 6.49.